The lowest BCUT2D eigenvalue weighted by Crippen LogP contribution is -2.47. The van der Waals surface area contributed by atoms with Crippen molar-refractivity contribution in [1.29, 1.82) is 0 Å². The average Bonchev–Trinajstić information content (AvgIpc) is 3.50. The number of rotatable bonds is 11. The first-order chi connectivity index (χ1) is 17.4. The second kappa shape index (κ2) is 11.5. The zero-order valence-corrected chi connectivity index (χ0v) is 21.4. The predicted molar refractivity (Wildman–Crippen MR) is 139 cm³/mol. The van der Waals surface area contributed by atoms with Gasteiger partial charge in [-0.05, 0) is 55.6 Å². The molecule has 1 aliphatic carbocycles. The van der Waals surface area contributed by atoms with Crippen molar-refractivity contribution in [3.8, 4) is 0 Å². The van der Waals surface area contributed by atoms with Gasteiger partial charge in [-0.2, -0.15) is 0 Å². The molecule has 1 amide bonds. The van der Waals surface area contributed by atoms with Gasteiger partial charge in [0.15, 0.2) is 0 Å². The van der Waals surface area contributed by atoms with Crippen LogP contribution in [-0.4, -0.2) is 23.1 Å². The predicted octanol–water partition coefficient (Wildman–Crippen LogP) is 4.63. The van der Waals surface area contributed by atoms with Crippen LogP contribution in [0, 0.1) is 12.8 Å². The van der Waals surface area contributed by atoms with Crippen LogP contribution in [0.25, 0.3) is 0 Å². The van der Waals surface area contributed by atoms with Crippen LogP contribution in [0.5, 0.6) is 0 Å². The number of aromatic nitrogens is 2. The Balaban J connectivity index is 1.51. The summed E-state index contributed by atoms with van der Waals surface area (Å²) in [6.07, 6.45) is 10.1. The van der Waals surface area contributed by atoms with Gasteiger partial charge >= 0.3 is 5.97 Å². The molecule has 0 aliphatic heterocycles. The third kappa shape index (κ3) is 5.23. The molecule has 0 spiro atoms. The molecule has 1 aromatic heterocycles. The number of primary amides is 1. The lowest BCUT2D eigenvalue weighted by atomic mass is 9.64. The van der Waals surface area contributed by atoms with E-state index in [1.54, 1.807) is 0 Å². The minimum atomic E-state index is -0.851. The van der Waals surface area contributed by atoms with E-state index in [0.29, 0.717) is 12.6 Å². The maximum absolute atomic E-state index is 13.3. The number of nitrogens with two attached hydrogens (primary N) is 1. The molecule has 6 heteroatoms. The standard InChI is InChI=1S/C30H37N3O3/c1-23-32(18-10-5-11-21-36-24(2)34)19-20-33(23)28-17-16-27(22-28)30(29(31)35,25-12-6-3-7-13-25)26-14-8-4-9-15-26/h3-4,6-9,12-15,19-20,27-28H,5,10-11,16-18,21-22H2,1-2H3,(H-,31,35)/p+1. The molecule has 2 atom stereocenters. The van der Waals surface area contributed by atoms with Crippen LogP contribution >= 0.6 is 0 Å². The first-order valence-electron chi connectivity index (χ1n) is 13.1. The van der Waals surface area contributed by atoms with E-state index in [2.05, 4.69) is 28.5 Å². The van der Waals surface area contributed by atoms with Crippen molar-refractivity contribution in [1.82, 2.24) is 4.57 Å². The van der Waals surface area contributed by atoms with E-state index in [1.165, 1.54) is 12.7 Å². The minimum absolute atomic E-state index is 0.112. The van der Waals surface area contributed by atoms with Crippen molar-refractivity contribution in [2.75, 3.05) is 6.61 Å². The first kappa shape index (κ1) is 25.7. The second-order valence-electron chi connectivity index (χ2n) is 9.91. The number of unbranched alkanes of at least 4 members (excludes halogenated alkanes) is 2. The van der Waals surface area contributed by atoms with Crippen LogP contribution in [0.1, 0.15) is 68.4 Å². The number of hydrogen-bond donors (Lipinski definition) is 1. The molecule has 1 saturated carbocycles. The molecule has 2 N–H and O–H groups in total. The number of nitrogens with zero attached hydrogens (tertiary/aromatic N) is 2. The molecule has 0 saturated heterocycles. The Morgan fingerprint density at radius 1 is 1.00 bits per heavy atom. The molecule has 2 aromatic carbocycles. The smallest absolute Gasteiger partial charge is 0.302 e. The summed E-state index contributed by atoms with van der Waals surface area (Å²) in [4.78, 5) is 24.2. The topological polar surface area (TPSA) is 78.2 Å². The van der Waals surface area contributed by atoms with Crippen LogP contribution in [0.4, 0.5) is 0 Å². The molecule has 4 rings (SSSR count). The van der Waals surface area contributed by atoms with E-state index in [0.717, 1.165) is 56.2 Å². The van der Waals surface area contributed by atoms with Crippen LogP contribution < -0.4 is 10.3 Å². The lowest BCUT2D eigenvalue weighted by Gasteiger charge is -2.37. The van der Waals surface area contributed by atoms with Gasteiger partial charge in [0.05, 0.1) is 13.2 Å². The summed E-state index contributed by atoms with van der Waals surface area (Å²) in [6.45, 7) is 5.05. The molecule has 190 valence electrons. The van der Waals surface area contributed by atoms with Gasteiger partial charge in [-0.25, -0.2) is 9.13 Å². The molecular formula is C30H38N3O3+. The highest BCUT2D eigenvalue weighted by Gasteiger charge is 2.51. The average molecular weight is 489 g/mol. The Kier molecular flexibility index (Phi) is 8.24. The molecule has 6 nitrogen and oxygen atoms in total. The van der Waals surface area contributed by atoms with Crippen molar-refractivity contribution in [3.63, 3.8) is 0 Å². The Hall–Kier alpha value is -3.41. The van der Waals surface area contributed by atoms with Gasteiger partial charge in [-0.15, -0.1) is 0 Å². The van der Waals surface area contributed by atoms with E-state index < -0.39 is 5.41 Å². The number of carbonyl (C=O) groups is 2. The van der Waals surface area contributed by atoms with Crippen molar-refractivity contribution >= 4 is 11.9 Å². The maximum Gasteiger partial charge on any atom is 0.302 e. The fraction of sp³-hybridized carbons (Fsp3) is 0.433. The first-order valence-corrected chi connectivity index (χ1v) is 13.1. The zero-order chi connectivity index (χ0) is 25.5. The summed E-state index contributed by atoms with van der Waals surface area (Å²) in [5.74, 6) is 0.844. The Morgan fingerprint density at radius 2 is 1.64 bits per heavy atom. The largest absolute Gasteiger partial charge is 0.466 e. The monoisotopic (exact) mass is 488 g/mol. The Labute approximate surface area is 214 Å². The highest BCUT2D eigenvalue weighted by Crippen LogP contribution is 2.49. The number of hydrogen-bond acceptors (Lipinski definition) is 3. The summed E-state index contributed by atoms with van der Waals surface area (Å²) >= 11 is 0. The van der Waals surface area contributed by atoms with E-state index in [1.807, 2.05) is 60.7 Å². The summed E-state index contributed by atoms with van der Waals surface area (Å²) in [7, 11) is 0. The van der Waals surface area contributed by atoms with E-state index in [-0.39, 0.29) is 17.8 Å². The van der Waals surface area contributed by atoms with Crippen LogP contribution in [0.2, 0.25) is 0 Å². The third-order valence-electron chi connectivity index (χ3n) is 7.80. The number of imidazole rings is 1. The van der Waals surface area contributed by atoms with Crippen LogP contribution in [-0.2, 0) is 26.3 Å². The molecule has 0 radical (unpaired) electrons. The lowest BCUT2D eigenvalue weighted by molar-refractivity contribution is -0.703. The van der Waals surface area contributed by atoms with Gasteiger partial charge < -0.3 is 10.5 Å². The highest BCUT2D eigenvalue weighted by molar-refractivity contribution is 5.91. The summed E-state index contributed by atoms with van der Waals surface area (Å²) < 4.78 is 9.70. The van der Waals surface area contributed by atoms with Gasteiger partial charge in [0.2, 0.25) is 5.91 Å². The molecule has 36 heavy (non-hydrogen) atoms. The number of amides is 1. The number of esters is 1. The minimum Gasteiger partial charge on any atom is -0.466 e. The molecule has 1 heterocycles. The van der Waals surface area contributed by atoms with Gasteiger partial charge in [0, 0.05) is 13.8 Å². The van der Waals surface area contributed by atoms with E-state index >= 15 is 0 Å². The van der Waals surface area contributed by atoms with Gasteiger partial charge in [-0.1, -0.05) is 60.7 Å². The number of aryl methyl sites for hydroxylation is 1. The fourth-order valence-electron chi connectivity index (χ4n) is 6.05. The Bertz CT molecular complexity index is 1120. The van der Waals surface area contributed by atoms with Crippen molar-refractivity contribution in [3.05, 3.63) is 90.0 Å². The van der Waals surface area contributed by atoms with E-state index in [4.69, 9.17) is 10.5 Å². The Morgan fingerprint density at radius 3 is 2.22 bits per heavy atom. The van der Waals surface area contributed by atoms with Gasteiger partial charge in [0.1, 0.15) is 23.9 Å². The summed E-state index contributed by atoms with van der Waals surface area (Å²) in [5.41, 5.74) is 7.36. The molecule has 3 aromatic rings. The summed E-state index contributed by atoms with van der Waals surface area (Å²) in [6, 6.07) is 20.4. The normalized spacial score (nSPS) is 17.7. The zero-order valence-electron chi connectivity index (χ0n) is 21.4. The third-order valence-corrected chi connectivity index (χ3v) is 7.80. The molecule has 1 fully saturated rings. The van der Waals surface area contributed by atoms with Crippen molar-refractivity contribution in [2.45, 2.75) is 70.4 Å². The van der Waals surface area contributed by atoms with Crippen LogP contribution in [0.15, 0.2) is 73.1 Å². The number of carbonyl (C=O) groups excluding carboxylic acids is 2. The molecule has 2 unspecified atom stereocenters. The van der Waals surface area contributed by atoms with Crippen molar-refractivity contribution < 1.29 is 18.9 Å². The number of benzene rings is 2. The maximum atomic E-state index is 13.3. The fourth-order valence-corrected chi connectivity index (χ4v) is 6.05. The summed E-state index contributed by atoms with van der Waals surface area (Å²) in [5, 5.41) is 0. The quantitative estimate of drug-likeness (QED) is 0.243. The molecular weight excluding hydrogens is 450 g/mol. The molecule has 1 aliphatic rings. The van der Waals surface area contributed by atoms with Crippen molar-refractivity contribution in [2.24, 2.45) is 11.7 Å². The van der Waals surface area contributed by atoms with Crippen LogP contribution in [0.3, 0.4) is 0 Å². The van der Waals surface area contributed by atoms with Gasteiger partial charge in [0.25, 0.3) is 5.82 Å². The van der Waals surface area contributed by atoms with Gasteiger partial charge in [-0.3, -0.25) is 9.59 Å². The van der Waals surface area contributed by atoms with E-state index in [9.17, 15) is 9.59 Å². The second-order valence-corrected chi connectivity index (χ2v) is 9.91. The SMILES string of the molecule is CC(=O)OCCCCC[n+]1ccn(C2CCC(C(C(N)=O)(c3ccccc3)c3ccccc3)C2)c1C. The number of ether oxygens (including phenoxy) is 1. The molecule has 0 bridgehead atoms. The highest BCUT2D eigenvalue weighted by atomic mass is 16.5.